The number of halogens is 1. The van der Waals surface area contributed by atoms with Crippen molar-refractivity contribution in [1.29, 1.82) is 0 Å². The third-order valence-electron chi connectivity index (χ3n) is 1.86. The van der Waals surface area contributed by atoms with Crippen LogP contribution in [0.5, 0.6) is 5.75 Å². The molecule has 1 aromatic heterocycles. The lowest BCUT2D eigenvalue weighted by Crippen LogP contribution is -1.99. The number of anilines is 1. The number of phenolic OH excluding ortho intramolecular Hbond substituents is 1. The van der Waals surface area contributed by atoms with E-state index in [0.717, 1.165) is 10.7 Å². The maximum absolute atomic E-state index is 9.62. The van der Waals surface area contributed by atoms with Crippen LogP contribution in [0.25, 0.3) is 0 Å². The van der Waals surface area contributed by atoms with Gasteiger partial charge < -0.3 is 10.4 Å². The van der Waals surface area contributed by atoms with E-state index < -0.39 is 0 Å². The van der Waals surface area contributed by atoms with Crippen molar-refractivity contribution < 1.29 is 5.11 Å². The number of aromatic hydroxyl groups is 1. The first-order valence-electron chi connectivity index (χ1n) is 4.24. The zero-order chi connectivity index (χ0) is 10.7. The first-order valence-corrected chi connectivity index (χ1v) is 5.49. The minimum atomic E-state index is 0.108. The molecule has 0 aliphatic carbocycles. The molecule has 0 bridgehead atoms. The summed E-state index contributed by atoms with van der Waals surface area (Å²) in [5, 5.41) is 21.2. The van der Waals surface area contributed by atoms with E-state index in [0.29, 0.717) is 11.6 Å². The highest BCUT2D eigenvalue weighted by molar-refractivity contribution is 7.13. The number of hydrogen-bond donors (Lipinski definition) is 2. The van der Waals surface area contributed by atoms with Gasteiger partial charge in [-0.2, -0.15) is 0 Å². The summed E-state index contributed by atoms with van der Waals surface area (Å²) in [4.78, 5) is 0. The number of phenols is 1. The van der Waals surface area contributed by atoms with Crippen molar-refractivity contribution in [3.8, 4) is 5.75 Å². The summed E-state index contributed by atoms with van der Waals surface area (Å²) in [6.07, 6.45) is 0. The summed E-state index contributed by atoms with van der Waals surface area (Å²) in [6, 6.07) is 5.24. The minimum absolute atomic E-state index is 0.108. The lowest BCUT2D eigenvalue weighted by Gasteiger charge is -2.05. The Morgan fingerprint density at radius 2 is 2.33 bits per heavy atom. The van der Waals surface area contributed by atoms with Crippen LogP contribution in [0.2, 0.25) is 5.02 Å². The Bertz CT molecular complexity index is 447. The van der Waals surface area contributed by atoms with Gasteiger partial charge in [0.1, 0.15) is 11.3 Å². The number of rotatable bonds is 3. The Labute approximate surface area is 95.5 Å². The molecule has 78 valence electrons. The van der Waals surface area contributed by atoms with Gasteiger partial charge in [-0.1, -0.05) is 35.1 Å². The predicted octanol–water partition coefficient (Wildman–Crippen LogP) is 2.51. The molecule has 0 fully saturated rings. The molecule has 1 aromatic carbocycles. The lowest BCUT2D eigenvalue weighted by molar-refractivity contribution is 0.469. The van der Waals surface area contributed by atoms with E-state index in [1.807, 2.05) is 0 Å². The van der Waals surface area contributed by atoms with Crippen molar-refractivity contribution in [2.45, 2.75) is 6.54 Å². The van der Waals surface area contributed by atoms with E-state index in [2.05, 4.69) is 15.5 Å². The van der Waals surface area contributed by atoms with Crippen LogP contribution >= 0.6 is 22.9 Å². The molecule has 0 saturated heterocycles. The van der Waals surface area contributed by atoms with Crippen molar-refractivity contribution in [2.75, 3.05) is 5.32 Å². The third kappa shape index (κ3) is 2.37. The molecule has 0 unspecified atom stereocenters. The van der Waals surface area contributed by atoms with E-state index in [-0.39, 0.29) is 5.75 Å². The average molecular weight is 242 g/mol. The molecule has 1 heterocycles. The van der Waals surface area contributed by atoms with E-state index in [9.17, 15) is 5.11 Å². The van der Waals surface area contributed by atoms with Gasteiger partial charge in [0.05, 0.1) is 5.02 Å². The number of nitrogens with one attached hydrogen (secondary N) is 1. The highest BCUT2D eigenvalue weighted by Gasteiger charge is 2.05. The summed E-state index contributed by atoms with van der Waals surface area (Å²) in [6.45, 7) is 0.474. The highest BCUT2D eigenvalue weighted by Crippen LogP contribution is 2.27. The highest BCUT2D eigenvalue weighted by atomic mass is 35.5. The summed E-state index contributed by atoms with van der Waals surface area (Å²) >= 11 is 7.18. The number of aromatic nitrogens is 2. The summed E-state index contributed by atoms with van der Waals surface area (Å²) < 4.78 is 0. The number of para-hydroxylation sites is 1. The lowest BCUT2D eigenvalue weighted by atomic mass is 10.2. The van der Waals surface area contributed by atoms with Crippen LogP contribution in [0.3, 0.4) is 0 Å². The first-order chi connectivity index (χ1) is 7.27. The molecule has 0 amide bonds. The van der Waals surface area contributed by atoms with Crippen LogP contribution in [0.1, 0.15) is 5.56 Å². The van der Waals surface area contributed by atoms with Gasteiger partial charge in [0, 0.05) is 12.1 Å². The van der Waals surface area contributed by atoms with E-state index in [1.54, 1.807) is 23.7 Å². The standard InChI is InChI=1S/C9H8ClN3OS/c10-7-3-1-2-6(8(7)14)4-11-9-13-12-5-15-9/h1-3,5,14H,4H2,(H,11,13). The minimum Gasteiger partial charge on any atom is -0.506 e. The molecule has 2 aromatic rings. The summed E-state index contributed by atoms with van der Waals surface area (Å²) in [5.41, 5.74) is 2.37. The molecular weight excluding hydrogens is 234 g/mol. The fourth-order valence-electron chi connectivity index (χ4n) is 1.12. The van der Waals surface area contributed by atoms with Gasteiger partial charge in [-0.05, 0) is 6.07 Å². The molecule has 0 saturated carbocycles. The van der Waals surface area contributed by atoms with Gasteiger partial charge >= 0.3 is 0 Å². The molecule has 4 nitrogen and oxygen atoms in total. The fraction of sp³-hybridized carbons (Fsp3) is 0.111. The second-order valence-electron chi connectivity index (χ2n) is 2.85. The summed E-state index contributed by atoms with van der Waals surface area (Å²) in [7, 11) is 0. The summed E-state index contributed by atoms with van der Waals surface area (Å²) in [5.74, 6) is 0.108. The molecule has 2 rings (SSSR count). The Balaban J connectivity index is 2.08. The van der Waals surface area contributed by atoms with Gasteiger partial charge in [-0.25, -0.2) is 0 Å². The zero-order valence-corrected chi connectivity index (χ0v) is 9.22. The first kappa shape index (κ1) is 10.2. The predicted molar refractivity (Wildman–Crippen MR) is 60.4 cm³/mol. The molecule has 6 heteroatoms. The Kier molecular flexibility index (Phi) is 3.03. The topological polar surface area (TPSA) is 58.0 Å². The largest absolute Gasteiger partial charge is 0.506 e. The van der Waals surface area contributed by atoms with Crippen LogP contribution in [0, 0.1) is 0 Å². The van der Waals surface area contributed by atoms with Gasteiger partial charge in [-0.15, -0.1) is 10.2 Å². The third-order valence-corrected chi connectivity index (χ3v) is 2.81. The van der Waals surface area contributed by atoms with Gasteiger partial charge in [0.2, 0.25) is 5.13 Å². The van der Waals surface area contributed by atoms with E-state index in [1.165, 1.54) is 11.3 Å². The van der Waals surface area contributed by atoms with Crippen LogP contribution < -0.4 is 5.32 Å². The maximum Gasteiger partial charge on any atom is 0.205 e. The molecule has 0 aliphatic rings. The van der Waals surface area contributed by atoms with Crippen LogP contribution in [-0.2, 0) is 6.54 Å². The van der Waals surface area contributed by atoms with Crippen LogP contribution in [-0.4, -0.2) is 15.3 Å². The van der Waals surface area contributed by atoms with Gasteiger partial charge in [-0.3, -0.25) is 0 Å². The Morgan fingerprint density at radius 1 is 1.47 bits per heavy atom. The normalized spacial score (nSPS) is 10.2. The SMILES string of the molecule is Oc1c(Cl)cccc1CNc1nncs1. The van der Waals surface area contributed by atoms with Crippen molar-refractivity contribution in [2.24, 2.45) is 0 Å². The molecule has 0 atom stereocenters. The Morgan fingerprint density at radius 3 is 3.07 bits per heavy atom. The zero-order valence-electron chi connectivity index (χ0n) is 7.64. The number of hydrogen-bond acceptors (Lipinski definition) is 5. The molecule has 0 radical (unpaired) electrons. The van der Waals surface area contributed by atoms with Crippen LogP contribution in [0.15, 0.2) is 23.7 Å². The fourth-order valence-corrected chi connectivity index (χ4v) is 1.76. The van der Waals surface area contributed by atoms with Gasteiger partial charge in [0.15, 0.2) is 0 Å². The molecule has 0 aliphatic heterocycles. The van der Waals surface area contributed by atoms with E-state index in [4.69, 9.17) is 11.6 Å². The van der Waals surface area contributed by atoms with Crippen molar-refractivity contribution in [1.82, 2.24) is 10.2 Å². The molecule has 0 spiro atoms. The van der Waals surface area contributed by atoms with Crippen molar-refractivity contribution >= 4 is 28.1 Å². The molecular formula is C9H8ClN3OS. The molecule has 2 N–H and O–H groups in total. The second-order valence-corrected chi connectivity index (χ2v) is 4.09. The second kappa shape index (κ2) is 4.46. The number of benzene rings is 1. The maximum atomic E-state index is 9.62. The number of nitrogens with zero attached hydrogens (tertiary/aromatic N) is 2. The van der Waals surface area contributed by atoms with Crippen LogP contribution in [0.4, 0.5) is 5.13 Å². The van der Waals surface area contributed by atoms with Gasteiger partial charge in [0.25, 0.3) is 0 Å². The quantitative estimate of drug-likeness (QED) is 0.867. The average Bonchev–Trinajstić information content (AvgIpc) is 2.73. The van der Waals surface area contributed by atoms with Crippen molar-refractivity contribution in [3.05, 3.63) is 34.3 Å². The monoisotopic (exact) mass is 241 g/mol. The van der Waals surface area contributed by atoms with Crippen molar-refractivity contribution in [3.63, 3.8) is 0 Å². The van der Waals surface area contributed by atoms with E-state index >= 15 is 0 Å². The molecule has 15 heavy (non-hydrogen) atoms. The Hall–Kier alpha value is -1.33. The smallest absolute Gasteiger partial charge is 0.205 e.